The number of hydrogen-bond donors (Lipinski definition) is 2. The molecule has 5 nitrogen and oxygen atoms in total. The Kier molecular flexibility index (Phi) is 5.98. The third-order valence-electron chi connectivity index (χ3n) is 4.28. The van der Waals surface area contributed by atoms with Crippen molar-refractivity contribution < 1.29 is 13.8 Å². The van der Waals surface area contributed by atoms with Crippen LogP contribution in [0.15, 0.2) is 77.7 Å². The number of hydrogen-bond acceptors (Lipinski definition) is 3. The molecule has 0 aromatic heterocycles. The summed E-state index contributed by atoms with van der Waals surface area (Å²) in [6.45, 7) is 0. The van der Waals surface area contributed by atoms with Crippen molar-refractivity contribution in [2.45, 2.75) is 17.4 Å². The Balaban J connectivity index is 1.71. The third-order valence-corrected chi connectivity index (χ3v) is 5.69. The molecule has 0 fully saturated rings. The molecule has 3 N–H and O–H groups in total. The highest BCUT2D eigenvalue weighted by molar-refractivity contribution is 7.85. The molecule has 0 aliphatic carbocycles. The molecule has 3 rings (SSSR count). The molecule has 0 unspecified atom stereocenters. The summed E-state index contributed by atoms with van der Waals surface area (Å²) in [5.74, 6) is -0.789. The molecule has 0 aliphatic heterocycles. The van der Waals surface area contributed by atoms with Crippen LogP contribution in [0.3, 0.4) is 0 Å². The number of rotatable bonds is 7. The predicted molar refractivity (Wildman–Crippen MR) is 107 cm³/mol. The quantitative estimate of drug-likeness (QED) is 0.660. The highest BCUT2D eigenvalue weighted by Gasteiger charge is 2.21. The monoisotopic (exact) mass is 380 g/mol. The van der Waals surface area contributed by atoms with Crippen molar-refractivity contribution in [1.29, 1.82) is 0 Å². The van der Waals surface area contributed by atoms with Gasteiger partial charge in [-0.15, -0.1) is 0 Å². The van der Waals surface area contributed by atoms with E-state index in [1.54, 1.807) is 36.4 Å². The Morgan fingerprint density at radius 3 is 2.33 bits per heavy atom. The Bertz CT molecular complexity index is 984. The van der Waals surface area contributed by atoms with Gasteiger partial charge in [0.05, 0.1) is 10.8 Å². The third kappa shape index (κ3) is 4.60. The zero-order valence-corrected chi connectivity index (χ0v) is 15.4. The van der Waals surface area contributed by atoms with Crippen LogP contribution in [0.25, 0.3) is 10.8 Å². The van der Waals surface area contributed by atoms with Crippen LogP contribution in [0.2, 0.25) is 0 Å². The van der Waals surface area contributed by atoms with Gasteiger partial charge in [-0.2, -0.15) is 0 Å². The zero-order valence-electron chi connectivity index (χ0n) is 14.6. The van der Waals surface area contributed by atoms with Crippen molar-refractivity contribution in [2.75, 3.05) is 5.75 Å². The van der Waals surface area contributed by atoms with E-state index in [0.717, 1.165) is 10.8 Å². The van der Waals surface area contributed by atoms with Gasteiger partial charge >= 0.3 is 0 Å². The standard InChI is InChI=1S/C21H20N2O3S/c22-20(24)19(13-14-27(26)16-9-2-1-3-10-16)23-21(25)18-12-6-8-15-7-4-5-11-17(15)18/h1-12,19H,13-14H2,(H2,22,24)(H,23,25)/t19-,27+/m1/s1. The summed E-state index contributed by atoms with van der Waals surface area (Å²) in [6.07, 6.45) is 0.202. The van der Waals surface area contributed by atoms with Crippen molar-refractivity contribution in [2.24, 2.45) is 5.73 Å². The topological polar surface area (TPSA) is 89.3 Å². The second-order valence-electron chi connectivity index (χ2n) is 6.11. The van der Waals surface area contributed by atoms with Gasteiger partial charge in [0.25, 0.3) is 5.91 Å². The van der Waals surface area contributed by atoms with E-state index in [4.69, 9.17) is 5.73 Å². The van der Waals surface area contributed by atoms with Crippen molar-refractivity contribution >= 4 is 33.4 Å². The van der Waals surface area contributed by atoms with Crippen LogP contribution in [0.1, 0.15) is 16.8 Å². The molecular formula is C21H20N2O3S. The molecule has 27 heavy (non-hydrogen) atoms. The Hall–Kier alpha value is -2.99. The highest BCUT2D eigenvalue weighted by atomic mass is 32.2. The summed E-state index contributed by atoms with van der Waals surface area (Å²) >= 11 is 0. The number of nitrogens with one attached hydrogen (secondary N) is 1. The summed E-state index contributed by atoms with van der Waals surface area (Å²) in [4.78, 5) is 25.2. The number of fused-ring (bicyclic) bond motifs is 1. The molecule has 2 amide bonds. The molecule has 0 saturated heterocycles. The first kappa shape index (κ1) is 18.8. The summed E-state index contributed by atoms with van der Waals surface area (Å²) < 4.78 is 12.3. The smallest absolute Gasteiger partial charge is 0.252 e. The molecule has 0 heterocycles. The number of benzene rings is 3. The molecule has 2 atom stereocenters. The lowest BCUT2D eigenvalue weighted by atomic mass is 10.0. The number of carbonyl (C=O) groups is 2. The van der Waals surface area contributed by atoms with Gasteiger partial charge in [-0.3, -0.25) is 13.8 Å². The Morgan fingerprint density at radius 1 is 0.926 bits per heavy atom. The fourth-order valence-electron chi connectivity index (χ4n) is 2.86. The molecule has 0 radical (unpaired) electrons. The second-order valence-corrected chi connectivity index (χ2v) is 7.68. The summed E-state index contributed by atoms with van der Waals surface area (Å²) in [7, 11) is -1.26. The van der Waals surface area contributed by atoms with E-state index in [-0.39, 0.29) is 18.1 Å². The molecule has 3 aromatic carbocycles. The molecule has 3 aromatic rings. The molecule has 0 spiro atoms. The first-order chi connectivity index (χ1) is 13.1. The van der Waals surface area contributed by atoms with E-state index >= 15 is 0 Å². The maximum Gasteiger partial charge on any atom is 0.252 e. The average Bonchev–Trinajstić information content (AvgIpc) is 2.70. The molecule has 0 saturated carbocycles. The lowest BCUT2D eigenvalue weighted by molar-refractivity contribution is -0.119. The molecule has 0 aliphatic rings. The van der Waals surface area contributed by atoms with Crippen molar-refractivity contribution in [3.8, 4) is 0 Å². The van der Waals surface area contributed by atoms with Gasteiger partial charge in [-0.1, -0.05) is 54.6 Å². The highest BCUT2D eigenvalue weighted by Crippen LogP contribution is 2.18. The van der Waals surface area contributed by atoms with E-state index < -0.39 is 22.7 Å². The van der Waals surface area contributed by atoms with Gasteiger partial charge in [0, 0.05) is 16.2 Å². The summed E-state index contributed by atoms with van der Waals surface area (Å²) in [5, 5.41) is 4.42. The maximum absolute atomic E-state index is 12.7. The van der Waals surface area contributed by atoms with Crippen LogP contribution < -0.4 is 11.1 Å². The van der Waals surface area contributed by atoms with E-state index in [1.807, 2.05) is 36.4 Å². The maximum atomic E-state index is 12.7. The first-order valence-electron chi connectivity index (χ1n) is 8.57. The molecule has 0 bridgehead atoms. The summed E-state index contributed by atoms with van der Waals surface area (Å²) in [6, 6.07) is 21.1. The number of carbonyl (C=O) groups excluding carboxylic acids is 2. The number of nitrogens with two attached hydrogens (primary N) is 1. The van der Waals surface area contributed by atoms with Crippen molar-refractivity contribution in [3.63, 3.8) is 0 Å². The van der Waals surface area contributed by atoms with Crippen LogP contribution in [0.5, 0.6) is 0 Å². The molecule has 138 valence electrons. The van der Waals surface area contributed by atoms with Crippen LogP contribution in [-0.4, -0.2) is 27.8 Å². The molecular weight excluding hydrogens is 360 g/mol. The summed E-state index contributed by atoms with van der Waals surface area (Å²) in [5.41, 5.74) is 5.92. The fourth-order valence-corrected chi connectivity index (χ4v) is 4.01. The van der Waals surface area contributed by atoms with Gasteiger partial charge in [0.2, 0.25) is 5.91 Å². The Morgan fingerprint density at radius 2 is 1.59 bits per heavy atom. The van der Waals surface area contributed by atoms with Crippen LogP contribution in [0, 0.1) is 0 Å². The number of amides is 2. The SMILES string of the molecule is NC(=O)[C@@H](CC[S@](=O)c1ccccc1)NC(=O)c1cccc2ccccc12. The van der Waals surface area contributed by atoms with Crippen LogP contribution in [0.4, 0.5) is 0 Å². The fraction of sp³-hybridized carbons (Fsp3) is 0.143. The minimum absolute atomic E-state index is 0.202. The average molecular weight is 380 g/mol. The number of primary amides is 1. The van der Waals surface area contributed by atoms with Crippen LogP contribution >= 0.6 is 0 Å². The van der Waals surface area contributed by atoms with Gasteiger partial charge < -0.3 is 11.1 Å². The normalized spacial score (nSPS) is 13.0. The van der Waals surface area contributed by atoms with Crippen molar-refractivity contribution in [3.05, 3.63) is 78.4 Å². The van der Waals surface area contributed by atoms with Gasteiger partial charge in [0.15, 0.2) is 0 Å². The van der Waals surface area contributed by atoms with E-state index in [0.29, 0.717) is 10.5 Å². The lowest BCUT2D eigenvalue weighted by Crippen LogP contribution is -2.45. The van der Waals surface area contributed by atoms with E-state index in [9.17, 15) is 13.8 Å². The lowest BCUT2D eigenvalue weighted by Gasteiger charge is -2.16. The molecule has 6 heteroatoms. The minimum atomic E-state index is -1.26. The minimum Gasteiger partial charge on any atom is -0.368 e. The second kappa shape index (κ2) is 8.60. The van der Waals surface area contributed by atoms with Crippen LogP contribution in [-0.2, 0) is 15.6 Å². The predicted octanol–water partition coefficient (Wildman–Crippen LogP) is 2.62. The first-order valence-corrected chi connectivity index (χ1v) is 9.89. The van der Waals surface area contributed by atoms with Gasteiger partial charge in [-0.25, -0.2) is 0 Å². The zero-order chi connectivity index (χ0) is 19.2. The van der Waals surface area contributed by atoms with Crippen molar-refractivity contribution in [1.82, 2.24) is 5.32 Å². The van der Waals surface area contributed by atoms with Gasteiger partial charge in [0.1, 0.15) is 6.04 Å². The van der Waals surface area contributed by atoms with E-state index in [1.165, 1.54) is 0 Å². The Labute approximate surface area is 160 Å². The van der Waals surface area contributed by atoms with Gasteiger partial charge in [-0.05, 0) is 35.4 Å². The van der Waals surface area contributed by atoms with E-state index in [2.05, 4.69) is 5.32 Å². The largest absolute Gasteiger partial charge is 0.368 e.